The van der Waals surface area contributed by atoms with Gasteiger partial charge in [0.2, 0.25) is 0 Å². The van der Waals surface area contributed by atoms with E-state index >= 15 is 0 Å². The molecule has 0 aliphatic rings. The van der Waals surface area contributed by atoms with E-state index in [-0.39, 0.29) is 6.10 Å². The summed E-state index contributed by atoms with van der Waals surface area (Å²) < 4.78 is 8.88. The van der Waals surface area contributed by atoms with E-state index in [0.29, 0.717) is 0 Å². The van der Waals surface area contributed by atoms with Crippen LogP contribution in [0, 0.1) is 6.92 Å². The second-order valence-corrected chi connectivity index (χ2v) is 4.40. The van der Waals surface area contributed by atoms with Crippen molar-refractivity contribution >= 4 is 19.2 Å². The lowest BCUT2D eigenvalue weighted by Gasteiger charge is -1.98. The molecule has 1 aromatic heterocycles. The highest BCUT2D eigenvalue weighted by Gasteiger charge is 2.05. The lowest BCUT2D eigenvalue weighted by Crippen LogP contribution is -1.88. The normalized spacial score (nSPS) is 13.0. The molecule has 1 rings (SSSR count). The highest BCUT2D eigenvalue weighted by molar-refractivity contribution is 7.45. The molecule has 0 aliphatic heterocycles. The summed E-state index contributed by atoms with van der Waals surface area (Å²) in [7, 11) is -4.64. The zero-order valence-electron chi connectivity index (χ0n) is 7.65. The maximum absolute atomic E-state index is 9.06. The molecule has 0 amide bonds. The molecule has 82 valence electrons. The minimum absolute atomic E-state index is 0.363. The van der Waals surface area contributed by atoms with Crippen molar-refractivity contribution in [3.05, 3.63) is 16.1 Å². The van der Waals surface area contributed by atoms with E-state index in [1.807, 2.05) is 6.92 Å². The Morgan fingerprint density at radius 2 is 1.93 bits per heavy atom. The second-order valence-electron chi connectivity index (χ2n) is 2.49. The average Bonchev–Trinajstić information content (AvgIpc) is 2.30. The van der Waals surface area contributed by atoms with Gasteiger partial charge in [-0.2, -0.15) is 0 Å². The van der Waals surface area contributed by atoms with E-state index in [1.54, 1.807) is 12.4 Å². The summed E-state index contributed by atoms with van der Waals surface area (Å²) in [6.45, 7) is 3.65. The molecule has 1 heterocycles. The highest BCUT2D eigenvalue weighted by Crippen LogP contribution is 2.25. The number of thiazole rings is 1. The van der Waals surface area contributed by atoms with Crippen LogP contribution in [0.2, 0.25) is 0 Å². The monoisotopic (exact) mass is 241 g/mol. The van der Waals surface area contributed by atoms with Crippen molar-refractivity contribution in [1.29, 1.82) is 0 Å². The van der Waals surface area contributed by atoms with Crippen LogP contribution in [0.4, 0.5) is 0 Å². The van der Waals surface area contributed by atoms with Crippen molar-refractivity contribution < 1.29 is 24.4 Å². The number of phosphoric acid groups is 1. The van der Waals surface area contributed by atoms with E-state index in [0.717, 1.165) is 10.6 Å². The number of nitrogens with zero attached hydrogens (tertiary/aromatic N) is 1. The van der Waals surface area contributed by atoms with Gasteiger partial charge in [0.1, 0.15) is 0 Å². The summed E-state index contributed by atoms with van der Waals surface area (Å²) in [5.41, 5.74) is 2.69. The lowest BCUT2D eigenvalue weighted by atomic mass is 10.3. The number of aliphatic hydroxyl groups is 1. The topological polar surface area (TPSA) is 111 Å². The number of hydrogen-bond acceptors (Lipinski definition) is 4. The van der Waals surface area contributed by atoms with Gasteiger partial charge in [-0.05, 0) is 13.8 Å². The summed E-state index contributed by atoms with van der Waals surface area (Å²) >= 11 is 1.50. The minimum atomic E-state index is -4.64. The zero-order valence-corrected chi connectivity index (χ0v) is 9.37. The van der Waals surface area contributed by atoms with Crippen molar-refractivity contribution in [2.24, 2.45) is 0 Å². The Morgan fingerprint density at radius 3 is 2.07 bits per heavy atom. The van der Waals surface area contributed by atoms with Crippen molar-refractivity contribution in [3.8, 4) is 0 Å². The van der Waals surface area contributed by atoms with Crippen LogP contribution in [0.25, 0.3) is 0 Å². The first-order valence-corrected chi connectivity index (χ1v) is 6.02. The summed E-state index contributed by atoms with van der Waals surface area (Å²) in [4.78, 5) is 26.5. The Balaban J connectivity index is 0.000000292. The lowest BCUT2D eigenvalue weighted by molar-refractivity contribution is 0.202. The van der Waals surface area contributed by atoms with Crippen LogP contribution in [0.3, 0.4) is 0 Å². The van der Waals surface area contributed by atoms with E-state index in [2.05, 4.69) is 4.98 Å². The van der Waals surface area contributed by atoms with Crippen molar-refractivity contribution in [2.45, 2.75) is 20.0 Å². The standard InChI is InChI=1S/C6H9NOS.H3O4P/c1-4-6(5(2)8)9-3-7-4;1-5(2,3)4/h3,5,8H,1-2H3;(H3,1,2,3,4). The van der Waals surface area contributed by atoms with Gasteiger partial charge in [-0.25, -0.2) is 9.55 Å². The number of aliphatic hydroxyl groups excluding tert-OH is 1. The van der Waals surface area contributed by atoms with Crippen LogP contribution in [0.5, 0.6) is 0 Å². The number of rotatable bonds is 1. The van der Waals surface area contributed by atoms with Gasteiger partial charge in [-0.15, -0.1) is 11.3 Å². The number of hydrogen-bond donors (Lipinski definition) is 4. The first-order valence-electron chi connectivity index (χ1n) is 3.58. The van der Waals surface area contributed by atoms with Gasteiger partial charge in [-0.3, -0.25) is 0 Å². The van der Waals surface area contributed by atoms with Crippen LogP contribution < -0.4 is 0 Å². The van der Waals surface area contributed by atoms with Crippen molar-refractivity contribution in [3.63, 3.8) is 0 Å². The molecule has 0 saturated heterocycles. The molecule has 0 spiro atoms. The van der Waals surface area contributed by atoms with Crippen LogP contribution in [0.15, 0.2) is 5.51 Å². The SMILES string of the molecule is Cc1ncsc1C(C)O.O=P(O)(O)O. The molecule has 0 fully saturated rings. The van der Waals surface area contributed by atoms with Gasteiger partial charge in [-0.1, -0.05) is 0 Å². The van der Waals surface area contributed by atoms with Gasteiger partial charge in [0, 0.05) is 0 Å². The molecule has 0 radical (unpaired) electrons. The molecule has 4 N–H and O–H groups in total. The number of aryl methyl sites for hydroxylation is 1. The molecule has 0 bridgehead atoms. The zero-order chi connectivity index (χ0) is 11.4. The number of aromatic nitrogens is 1. The average molecular weight is 241 g/mol. The molecule has 6 nitrogen and oxygen atoms in total. The van der Waals surface area contributed by atoms with Crippen LogP contribution >= 0.6 is 19.2 Å². The molecular weight excluding hydrogens is 229 g/mol. The molecule has 1 aromatic rings. The van der Waals surface area contributed by atoms with Crippen molar-refractivity contribution in [1.82, 2.24) is 4.98 Å². The van der Waals surface area contributed by atoms with Crippen molar-refractivity contribution in [2.75, 3.05) is 0 Å². The Labute approximate surface area is 85.1 Å². The summed E-state index contributed by atoms with van der Waals surface area (Å²) in [6, 6.07) is 0. The molecule has 0 aromatic carbocycles. The van der Waals surface area contributed by atoms with Gasteiger partial charge < -0.3 is 19.8 Å². The van der Waals surface area contributed by atoms with Gasteiger partial charge >= 0.3 is 7.82 Å². The summed E-state index contributed by atoms with van der Waals surface area (Å²) in [6.07, 6.45) is -0.363. The quantitative estimate of drug-likeness (QED) is 0.535. The third-order valence-corrected chi connectivity index (χ3v) is 2.26. The van der Waals surface area contributed by atoms with E-state index in [1.165, 1.54) is 11.3 Å². The third-order valence-electron chi connectivity index (χ3n) is 1.16. The summed E-state index contributed by atoms with van der Waals surface area (Å²) in [5, 5.41) is 9.06. The van der Waals surface area contributed by atoms with Crippen LogP contribution in [0.1, 0.15) is 23.6 Å². The first-order chi connectivity index (χ1) is 6.22. The fourth-order valence-corrected chi connectivity index (χ4v) is 1.46. The molecular formula is C6H12NO5PS. The molecule has 8 heteroatoms. The maximum atomic E-state index is 9.06. The minimum Gasteiger partial charge on any atom is -0.388 e. The van der Waals surface area contributed by atoms with E-state index < -0.39 is 7.82 Å². The Bertz CT molecular complexity index is 312. The molecule has 0 saturated carbocycles. The van der Waals surface area contributed by atoms with Gasteiger partial charge in [0.25, 0.3) is 0 Å². The van der Waals surface area contributed by atoms with Crippen LogP contribution in [-0.2, 0) is 4.57 Å². The largest absolute Gasteiger partial charge is 0.466 e. The van der Waals surface area contributed by atoms with Crippen LogP contribution in [-0.4, -0.2) is 24.8 Å². The van der Waals surface area contributed by atoms with E-state index in [4.69, 9.17) is 24.4 Å². The Morgan fingerprint density at radius 1 is 1.50 bits per heavy atom. The fourth-order valence-electron chi connectivity index (χ4n) is 0.712. The Hall–Kier alpha value is -0.300. The predicted octanol–water partition coefficient (Wildman–Crippen LogP) is 0.576. The second kappa shape index (κ2) is 5.55. The summed E-state index contributed by atoms with van der Waals surface area (Å²) in [5.74, 6) is 0. The fraction of sp³-hybridized carbons (Fsp3) is 0.500. The molecule has 0 aliphatic carbocycles. The molecule has 1 atom stereocenters. The van der Waals surface area contributed by atoms with E-state index in [9.17, 15) is 0 Å². The molecule has 14 heavy (non-hydrogen) atoms. The predicted molar refractivity (Wildman–Crippen MR) is 51.7 cm³/mol. The smallest absolute Gasteiger partial charge is 0.388 e. The molecule has 1 unspecified atom stereocenters. The Kier molecular flexibility index (Phi) is 5.43. The highest BCUT2D eigenvalue weighted by atomic mass is 32.1. The maximum Gasteiger partial charge on any atom is 0.466 e. The van der Waals surface area contributed by atoms with Gasteiger partial charge in [0.15, 0.2) is 0 Å². The van der Waals surface area contributed by atoms with Gasteiger partial charge in [0.05, 0.1) is 22.2 Å². The third kappa shape index (κ3) is 7.14. The first kappa shape index (κ1) is 13.7.